The summed E-state index contributed by atoms with van der Waals surface area (Å²) in [6, 6.07) is 8.91. The first-order valence-corrected chi connectivity index (χ1v) is 10.9. The van der Waals surface area contributed by atoms with Crippen LogP contribution >= 0.6 is 24.0 Å². The fraction of sp³-hybridized carbons (Fsp3) is 0.652. The van der Waals surface area contributed by atoms with Gasteiger partial charge in [0.1, 0.15) is 0 Å². The smallest absolute Gasteiger partial charge is 0.225 e. The average Bonchev–Trinajstić information content (AvgIpc) is 2.70. The molecule has 1 aliphatic heterocycles. The number of guanidine groups is 1. The minimum absolute atomic E-state index is 0. The molecule has 30 heavy (non-hydrogen) atoms. The van der Waals surface area contributed by atoms with Gasteiger partial charge in [-0.05, 0) is 43.9 Å². The Bertz CT molecular complexity index is 663. The van der Waals surface area contributed by atoms with E-state index in [1.165, 1.54) is 43.6 Å². The Morgan fingerprint density at radius 3 is 2.30 bits per heavy atom. The van der Waals surface area contributed by atoms with E-state index >= 15 is 0 Å². The molecule has 2 N–H and O–H groups in total. The van der Waals surface area contributed by atoms with E-state index in [1.54, 1.807) is 0 Å². The van der Waals surface area contributed by atoms with Gasteiger partial charge in [-0.2, -0.15) is 0 Å². The predicted molar refractivity (Wildman–Crippen MR) is 138 cm³/mol. The molecular formula is C23H40IN5O. The van der Waals surface area contributed by atoms with E-state index in [0.29, 0.717) is 13.1 Å². The fourth-order valence-corrected chi connectivity index (χ4v) is 3.38. The van der Waals surface area contributed by atoms with Gasteiger partial charge in [-0.15, -0.1) is 24.0 Å². The molecule has 1 fully saturated rings. The third-order valence-corrected chi connectivity index (χ3v) is 5.11. The second kappa shape index (κ2) is 13.0. The first kappa shape index (κ1) is 26.5. The van der Waals surface area contributed by atoms with Crippen LogP contribution in [0.15, 0.2) is 29.3 Å². The third kappa shape index (κ3) is 8.70. The van der Waals surface area contributed by atoms with Gasteiger partial charge in [0.25, 0.3) is 0 Å². The Kier molecular flexibility index (Phi) is 11.5. The molecule has 0 radical (unpaired) electrons. The van der Waals surface area contributed by atoms with E-state index in [0.717, 1.165) is 19.0 Å². The van der Waals surface area contributed by atoms with Crippen molar-refractivity contribution in [2.24, 2.45) is 10.4 Å². The first-order valence-electron chi connectivity index (χ1n) is 10.9. The van der Waals surface area contributed by atoms with Crippen molar-refractivity contribution < 1.29 is 4.79 Å². The zero-order valence-corrected chi connectivity index (χ0v) is 21.7. The van der Waals surface area contributed by atoms with E-state index in [-0.39, 0.29) is 35.3 Å². The van der Waals surface area contributed by atoms with Crippen LogP contribution in [0, 0.1) is 5.41 Å². The number of anilines is 1. The van der Waals surface area contributed by atoms with Crippen molar-refractivity contribution in [3.05, 3.63) is 29.8 Å². The quantitative estimate of drug-likeness (QED) is 0.244. The molecule has 2 rings (SSSR count). The van der Waals surface area contributed by atoms with Crippen LogP contribution in [0.25, 0.3) is 0 Å². The largest absolute Gasteiger partial charge is 0.372 e. The summed E-state index contributed by atoms with van der Waals surface area (Å²) in [4.78, 5) is 21.2. The highest BCUT2D eigenvalue weighted by Crippen LogP contribution is 2.20. The Balaban J connectivity index is 0.00000450. The Hall–Kier alpha value is -1.51. The van der Waals surface area contributed by atoms with Crippen molar-refractivity contribution >= 4 is 41.5 Å². The number of carbonyl (C=O) groups excluding carboxylic acids is 1. The summed E-state index contributed by atoms with van der Waals surface area (Å²) in [7, 11) is 2.05. The topological polar surface area (TPSA) is 60.0 Å². The third-order valence-electron chi connectivity index (χ3n) is 5.11. The van der Waals surface area contributed by atoms with Crippen LogP contribution in [-0.4, -0.2) is 56.5 Å². The summed E-state index contributed by atoms with van der Waals surface area (Å²) in [6.07, 6.45) is 3.94. The molecule has 0 bridgehead atoms. The Morgan fingerprint density at radius 2 is 1.73 bits per heavy atom. The lowest BCUT2D eigenvalue weighted by Crippen LogP contribution is -2.40. The molecule has 0 saturated carbocycles. The van der Waals surface area contributed by atoms with Crippen molar-refractivity contribution in [1.29, 1.82) is 0 Å². The van der Waals surface area contributed by atoms with Gasteiger partial charge < -0.3 is 20.4 Å². The standard InChI is InChI=1S/C23H39N5O.HI/c1-6-24-22(26-15-14-25-21(29)23(2,3)4)27(5)18-19-10-12-20(13-11-19)28-16-8-7-9-17-28;/h10-13H,6-9,14-18H2,1-5H3,(H,24,26)(H,25,29);1H. The highest BCUT2D eigenvalue weighted by Gasteiger charge is 2.20. The maximum atomic E-state index is 12.0. The number of amides is 1. The molecule has 7 heteroatoms. The lowest BCUT2D eigenvalue weighted by Gasteiger charge is -2.29. The van der Waals surface area contributed by atoms with Gasteiger partial charge in [-0.25, -0.2) is 0 Å². The maximum Gasteiger partial charge on any atom is 0.225 e. The van der Waals surface area contributed by atoms with Crippen molar-refractivity contribution in [3.8, 4) is 0 Å². The van der Waals surface area contributed by atoms with Crippen LogP contribution < -0.4 is 15.5 Å². The number of carbonyl (C=O) groups is 1. The second-order valence-electron chi connectivity index (χ2n) is 8.81. The number of rotatable bonds is 7. The molecule has 0 aliphatic carbocycles. The van der Waals surface area contributed by atoms with Gasteiger partial charge in [0.15, 0.2) is 5.96 Å². The number of hydrogen-bond donors (Lipinski definition) is 2. The maximum absolute atomic E-state index is 12.0. The molecule has 170 valence electrons. The summed E-state index contributed by atoms with van der Waals surface area (Å²) in [5.74, 6) is 0.914. The molecule has 1 aromatic rings. The minimum atomic E-state index is -0.370. The monoisotopic (exact) mass is 529 g/mol. The van der Waals surface area contributed by atoms with Gasteiger partial charge in [0, 0.05) is 50.9 Å². The van der Waals surface area contributed by atoms with E-state index in [1.807, 2.05) is 27.8 Å². The first-order chi connectivity index (χ1) is 13.8. The zero-order valence-electron chi connectivity index (χ0n) is 19.3. The number of halogens is 1. The highest BCUT2D eigenvalue weighted by atomic mass is 127. The lowest BCUT2D eigenvalue weighted by molar-refractivity contribution is -0.128. The molecule has 1 aromatic carbocycles. The number of aliphatic imine (C=N–C) groups is 1. The van der Waals surface area contributed by atoms with Gasteiger partial charge in [0.2, 0.25) is 5.91 Å². The molecule has 1 heterocycles. The molecule has 0 spiro atoms. The van der Waals surface area contributed by atoms with Crippen LogP contribution in [0.3, 0.4) is 0 Å². The molecule has 0 aromatic heterocycles. The lowest BCUT2D eigenvalue weighted by atomic mass is 9.96. The van der Waals surface area contributed by atoms with Crippen molar-refractivity contribution in [3.63, 3.8) is 0 Å². The van der Waals surface area contributed by atoms with Crippen LogP contribution in [0.2, 0.25) is 0 Å². The van der Waals surface area contributed by atoms with Crippen molar-refractivity contribution in [1.82, 2.24) is 15.5 Å². The van der Waals surface area contributed by atoms with Crippen molar-refractivity contribution in [2.45, 2.75) is 53.5 Å². The number of nitrogens with zero attached hydrogens (tertiary/aromatic N) is 3. The fourth-order valence-electron chi connectivity index (χ4n) is 3.38. The number of piperidine rings is 1. The van der Waals surface area contributed by atoms with E-state index in [4.69, 9.17) is 0 Å². The van der Waals surface area contributed by atoms with Crippen LogP contribution in [0.1, 0.15) is 52.5 Å². The summed E-state index contributed by atoms with van der Waals surface area (Å²) >= 11 is 0. The molecule has 1 aliphatic rings. The molecule has 6 nitrogen and oxygen atoms in total. The van der Waals surface area contributed by atoms with Crippen molar-refractivity contribution in [2.75, 3.05) is 44.7 Å². The molecule has 0 atom stereocenters. The Morgan fingerprint density at radius 1 is 1.10 bits per heavy atom. The summed E-state index contributed by atoms with van der Waals surface area (Å²) < 4.78 is 0. The number of hydrogen-bond acceptors (Lipinski definition) is 3. The number of benzene rings is 1. The van der Waals surface area contributed by atoms with Crippen LogP contribution in [-0.2, 0) is 11.3 Å². The molecule has 0 unspecified atom stereocenters. The molecular weight excluding hydrogens is 489 g/mol. The SMILES string of the molecule is CCNC(=NCCNC(=O)C(C)(C)C)N(C)Cc1ccc(N2CCCCC2)cc1.I. The minimum Gasteiger partial charge on any atom is -0.372 e. The van der Waals surface area contributed by atoms with Gasteiger partial charge in [0.05, 0.1) is 6.54 Å². The van der Waals surface area contributed by atoms with Crippen LogP contribution in [0.5, 0.6) is 0 Å². The van der Waals surface area contributed by atoms with E-state index in [2.05, 4.69) is 56.6 Å². The van der Waals surface area contributed by atoms with Gasteiger partial charge in [-0.3, -0.25) is 9.79 Å². The zero-order chi connectivity index (χ0) is 21.3. The van der Waals surface area contributed by atoms with Gasteiger partial charge in [-0.1, -0.05) is 32.9 Å². The summed E-state index contributed by atoms with van der Waals surface area (Å²) in [5, 5.41) is 6.29. The van der Waals surface area contributed by atoms with E-state index in [9.17, 15) is 4.79 Å². The summed E-state index contributed by atoms with van der Waals surface area (Å²) in [5.41, 5.74) is 2.22. The molecule has 1 amide bonds. The predicted octanol–water partition coefficient (Wildman–Crippen LogP) is 3.85. The van der Waals surface area contributed by atoms with Gasteiger partial charge >= 0.3 is 0 Å². The molecule has 1 saturated heterocycles. The number of nitrogens with one attached hydrogen (secondary N) is 2. The normalized spacial score (nSPS) is 14.7. The second-order valence-corrected chi connectivity index (χ2v) is 8.81. The van der Waals surface area contributed by atoms with E-state index < -0.39 is 0 Å². The summed E-state index contributed by atoms with van der Waals surface area (Å²) in [6.45, 7) is 12.9. The van der Waals surface area contributed by atoms with Crippen LogP contribution in [0.4, 0.5) is 5.69 Å². The highest BCUT2D eigenvalue weighted by molar-refractivity contribution is 14.0. The average molecular weight is 530 g/mol. The Labute approximate surface area is 199 Å².